The molecule has 0 saturated carbocycles. The highest BCUT2D eigenvalue weighted by atomic mass is 16.1. The maximum absolute atomic E-state index is 10.3. The van der Waals surface area contributed by atoms with Crippen LogP contribution in [0.4, 0.5) is 11.4 Å². The van der Waals surface area contributed by atoms with E-state index in [2.05, 4.69) is 10.6 Å². The molecule has 1 aromatic rings. The smallest absolute Gasteiger partial charge is 0.211 e. The summed E-state index contributed by atoms with van der Waals surface area (Å²) in [6.07, 6.45) is 2.06. The fourth-order valence-electron chi connectivity index (χ4n) is 1.24. The fraction of sp³-hybridized carbons (Fsp3) is 0.200. The summed E-state index contributed by atoms with van der Waals surface area (Å²) >= 11 is 0. The second-order valence-corrected chi connectivity index (χ2v) is 2.75. The predicted octanol–water partition coefficient (Wildman–Crippen LogP) is 1.39. The van der Waals surface area contributed by atoms with E-state index in [0.29, 0.717) is 18.5 Å². The van der Waals surface area contributed by atoms with Crippen LogP contribution in [0.15, 0.2) is 18.2 Å². The van der Waals surface area contributed by atoms with Gasteiger partial charge in [-0.25, -0.2) is 0 Å². The molecule has 74 valence electrons. The van der Waals surface area contributed by atoms with Crippen LogP contribution in [0.2, 0.25) is 0 Å². The third kappa shape index (κ3) is 2.32. The first-order valence-electron chi connectivity index (χ1n) is 4.35. The molecule has 0 radical (unpaired) electrons. The molecule has 2 amide bonds. The summed E-state index contributed by atoms with van der Waals surface area (Å²) in [4.78, 5) is 20.5. The quantitative estimate of drug-likeness (QED) is 0.692. The van der Waals surface area contributed by atoms with Crippen molar-refractivity contribution in [2.45, 2.75) is 13.3 Å². The average Bonchev–Trinajstić information content (AvgIpc) is 2.19. The summed E-state index contributed by atoms with van der Waals surface area (Å²) in [5, 5.41) is 5.11. The lowest BCUT2D eigenvalue weighted by Crippen LogP contribution is -2.00. The zero-order chi connectivity index (χ0) is 10.4. The number of anilines is 2. The van der Waals surface area contributed by atoms with Crippen LogP contribution >= 0.6 is 0 Å². The van der Waals surface area contributed by atoms with Crippen LogP contribution in [-0.2, 0) is 16.0 Å². The minimum Gasteiger partial charge on any atom is -0.329 e. The van der Waals surface area contributed by atoms with Crippen LogP contribution in [0.1, 0.15) is 12.5 Å². The number of amides is 2. The predicted molar refractivity (Wildman–Crippen MR) is 55.2 cm³/mol. The summed E-state index contributed by atoms with van der Waals surface area (Å²) in [7, 11) is 0. The summed E-state index contributed by atoms with van der Waals surface area (Å²) in [6, 6.07) is 5.39. The van der Waals surface area contributed by atoms with Crippen molar-refractivity contribution < 1.29 is 9.59 Å². The van der Waals surface area contributed by atoms with Crippen molar-refractivity contribution in [3.05, 3.63) is 23.8 Å². The SMILES string of the molecule is CCc1ccc(NC=O)cc1NC=O. The first-order chi connectivity index (χ1) is 6.81. The largest absolute Gasteiger partial charge is 0.329 e. The Morgan fingerprint density at radius 3 is 2.50 bits per heavy atom. The number of carbonyl (C=O) groups is 2. The molecule has 0 fully saturated rings. The molecule has 0 unspecified atom stereocenters. The number of benzene rings is 1. The molecule has 0 atom stereocenters. The van der Waals surface area contributed by atoms with Crippen molar-refractivity contribution in [2.24, 2.45) is 0 Å². The number of carbonyl (C=O) groups excluding carboxylic acids is 2. The second-order valence-electron chi connectivity index (χ2n) is 2.75. The van der Waals surface area contributed by atoms with Gasteiger partial charge in [-0.05, 0) is 24.1 Å². The average molecular weight is 192 g/mol. The zero-order valence-corrected chi connectivity index (χ0v) is 7.91. The van der Waals surface area contributed by atoms with Gasteiger partial charge in [0.05, 0.1) is 0 Å². The summed E-state index contributed by atoms with van der Waals surface area (Å²) in [5.41, 5.74) is 2.43. The lowest BCUT2D eigenvalue weighted by Gasteiger charge is -2.08. The van der Waals surface area contributed by atoms with Crippen molar-refractivity contribution >= 4 is 24.2 Å². The van der Waals surface area contributed by atoms with E-state index in [1.807, 2.05) is 13.0 Å². The molecule has 1 rings (SSSR count). The molecular weight excluding hydrogens is 180 g/mol. The number of rotatable bonds is 5. The topological polar surface area (TPSA) is 58.2 Å². The molecule has 4 heteroatoms. The maximum atomic E-state index is 10.3. The van der Waals surface area contributed by atoms with Gasteiger partial charge < -0.3 is 10.6 Å². The van der Waals surface area contributed by atoms with Gasteiger partial charge in [-0.2, -0.15) is 0 Å². The van der Waals surface area contributed by atoms with E-state index in [-0.39, 0.29) is 0 Å². The Labute approximate surface area is 82.3 Å². The van der Waals surface area contributed by atoms with Gasteiger partial charge in [-0.1, -0.05) is 13.0 Å². The van der Waals surface area contributed by atoms with Crippen LogP contribution in [-0.4, -0.2) is 12.8 Å². The highest BCUT2D eigenvalue weighted by Crippen LogP contribution is 2.20. The summed E-state index contributed by atoms with van der Waals surface area (Å²) in [5.74, 6) is 0. The molecule has 0 aliphatic rings. The van der Waals surface area contributed by atoms with Gasteiger partial charge >= 0.3 is 0 Å². The third-order valence-corrected chi connectivity index (χ3v) is 1.93. The molecule has 0 aliphatic carbocycles. The third-order valence-electron chi connectivity index (χ3n) is 1.93. The van der Waals surface area contributed by atoms with Gasteiger partial charge in [0.1, 0.15) is 0 Å². The van der Waals surface area contributed by atoms with Gasteiger partial charge in [0.15, 0.2) is 0 Å². The van der Waals surface area contributed by atoms with Gasteiger partial charge in [0.2, 0.25) is 12.8 Å². The van der Waals surface area contributed by atoms with E-state index in [0.717, 1.165) is 17.7 Å². The monoisotopic (exact) mass is 192 g/mol. The normalized spacial score (nSPS) is 9.21. The van der Waals surface area contributed by atoms with E-state index in [4.69, 9.17) is 0 Å². The van der Waals surface area contributed by atoms with E-state index in [1.54, 1.807) is 12.1 Å². The Morgan fingerprint density at radius 1 is 1.21 bits per heavy atom. The number of hydrogen-bond acceptors (Lipinski definition) is 2. The van der Waals surface area contributed by atoms with Crippen LogP contribution in [0.3, 0.4) is 0 Å². The molecule has 4 nitrogen and oxygen atoms in total. The number of aryl methyl sites for hydroxylation is 1. The molecule has 2 N–H and O–H groups in total. The first kappa shape index (κ1) is 10.2. The molecule has 0 saturated heterocycles. The van der Waals surface area contributed by atoms with Crippen molar-refractivity contribution in [1.82, 2.24) is 0 Å². The van der Waals surface area contributed by atoms with E-state index in [1.165, 1.54) is 0 Å². The van der Waals surface area contributed by atoms with E-state index >= 15 is 0 Å². The highest BCUT2D eigenvalue weighted by molar-refractivity contribution is 5.79. The van der Waals surface area contributed by atoms with Crippen LogP contribution in [0.25, 0.3) is 0 Å². The first-order valence-corrected chi connectivity index (χ1v) is 4.35. The Balaban J connectivity index is 2.99. The molecular formula is C10H12N2O2. The minimum absolute atomic E-state index is 0.603. The fourth-order valence-corrected chi connectivity index (χ4v) is 1.24. The number of hydrogen-bond donors (Lipinski definition) is 2. The minimum atomic E-state index is 0.603. The Morgan fingerprint density at radius 2 is 1.93 bits per heavy atom. The van der Waals surface area contributed by atoms with Gasteiger partial charge in [-0.15, -0.1) is 0 Å². The van der Waals surface area contributed by atoms with Crippen molar-refractivity contribution in [1.29, 1.82) is 0 Å². The Bertz CT molecular complexity index is 337. The molecule has 0 bridgehead atoms. The van der Waals surface area contributed by atoms with Crippen molar-refractivity contribution in [3.63, 3.8) is 0 Å². The molecule has 0 spiro atoms. The van der Waals surface area contributed by atoms with E-state index < -0.39 is 0 Å². The zero-order valence-electron chi connectivity index (χ0n) is 7.91. The molecule has 14 heavy (non-hydrogen) atoms. The van der Waals surface area contributed by atoms with Crippen molar-refractivity contribution in [3.8, 4) is 0 Å². The summed E-state index contributed by atoms with van der Waals surface area (Å²) < 4.78 is 0. The van der Waals surface area contributed by atoms with Crippen LogP contribution < -0.4 is 10.6 Å². The van der Waals surface area contributed by atoms with E-state index in [9.17, 15) is 9.59 Å². The lowest BCUT2D eigenvalue weighted by atomic mass is 10.1. The second kappa shape index (κ2) is 5.01. The van der Waals surface area contributed by atoms with Crippen LogP contribution in [0.5, 0.6) is 0 Å². The van der Waals surface area contributed by atoms with Crippen molar-refractivity contribution in [2.75, 3.05) is 10.6 Å². The highest BCUT2D eigenvalue weighted by Gasteiger charge is 2.00. The lowest BCUT2D eigenvalue weighted by molar-refractivity contribution is -0.106. The van der Waals surface area contributed by atoms with Crippen LogP contribution in [0, 0.1) is 0 Å². The molecule has 0 aliphatic heterocycles. The molecule has 0 heterocycles. The Hall–Kier alpha value is -1.84. The summed E-state index contributed by atoms with van der Waals surface area (Å²) in [6.45, 7) is 2.00. The molecule has 1 aromatic carbocycles. The van der Waals surface area contributed by atoms with Gasteiger partial charge in [0, 0.05) is 11.4 Å². The number of nitrogens with one attached hydrogen (secondary N) is 2. The van der Waals surface area contributed by atoms with Gasteiger partial charge in [-0.3, -0.25) is 9.59 Å². The molecule has 0 aromatic heterocycles. The Kier molecular flexibility index (Phi) is 3.67. The maximum Gasteiger partial charge on any atom is 0.211 e. The standard InChI is InChI=1S/C10H12N2O2/c1-2-8-3-4-9(11-6-13)5-10(8)12-7-14/h3-7H,2H2,1H3,(H,11,13)(H,12,14). The van der Waals surface area contributed by atoms with Gasteiger partial charge in [0.25, 0.3) is 0 Å².